The molecule has 1 aliphatic carbocycles. The van der Waals surface area contributed by atoms with Crippen LogP contribution in [0.2, 0.25) is 0 Å². The average molecular weight is 211 g/mol. The second-order valence-electron chi connectivity index (χ2n) is 4.44. The van der Waals surface area contributed by atoms with E-state index in [1.165, 1.54) is 22.3 Å². The molecule has 0 bridgehead atoms. The quantitative estimate of drug-likeness (QED) is 0.775. The molecule has 0 saturated carbocycles. The lowest BCUT2D eigenvalue weighted by Gasteiger charge is -2.18. The molecule has 2 rings (SSSR count). The first kappa shape index (κ1) is 10.7. The SMILES string of the molecule is C=C1C=C(C)c2ccc(NC(=C)C)cc2C1. The monoisotopic (exact) mass is 211 g/mol. The summed E-state index contributed by atoms with van der Waals surface area (Å²) in [7, 11) is 0. The average Bonchev–Trinajstić information content (AvgIpc) is 2.15. The Morgan fingerprint density at radius 3 is 2.81 bits per heavy atom. The molecule has 0 aromatic heterocycles. The minimum atomic E-state index is 0.943. The Hall–Kier alpha value is -1.76. The van der Waals surface area contributed by atoms with Crippen LogP contribution in [0.5, 0.6) is 0 Å². The van der Waals surface area contributed by atoms with Crippen molar-refractivity contribution in [3.63, 3.8) is 0 Å². The second kappa shape index (κ2) is 4.01. The Bertz CT molecular complexity index is 492. The molecule has 1 aliphatic rings. The summed E-state index contributed by atoms with van der Waals surface area (Å²) in [5, 5.41) is 3.24. The lowest BCUT2D eigenvalue weighted by molar-refractivity contribution is 1.16. The van der Waals surface area contributed by atoms with Gasteiger partial charge in [0.25, 0.3) is 0 Å². The molecule has 0 unspecified atom stereocenters. The fourth-order valence-electron chi connectivity index (χ4n) is 2.13. The van der Waals surface area contributed by atoms with Gasteiger partial charge in [-0.05, 0) is 49.1 Å². The third kappa shape index (κ3) is 2.08. The fraction of sp³-hybridized carbons (Fsp3) is 0.200. The van der Waals surface area contributed by atoms with E-state index in [0.29, 0.717) is 0 Å². The normalized spacial score (nSPS) is 14.1. The van der Waals surface area contributed by atoms with Crippen LogP contribution >= 0.6 is 0 Å². The smallest absolute Gasteiger partial charge is 0.0384 e. The lowest BCUT2D eigenvalue weighted by atomic mass is 9.89. The van der Waals surface area contributed by atoms with Gasteiger partial charge in [-0.15, -0.1) is 0 Å². The zero-order valence-electron chi connectivity index (χ0n) is 9.93. The number of allylic oxidation sites excluding steroid dienone is 4. The zero-order chi connectivity index (χ0) is 11.7. The molecular formula is C15H17N. The highest BCUT2D eigenvalue weighted by Crippen LogP contribution is 2.30. The molecule has 0 heterocycles. The van der Waals surface area contributed by atoms with Gasteiger partial charge in [0, 0.05) is 11.4 Å². The highest BCUT2D eigenvalue weighted by atomic mass is 14.9. The summed E-state index contributed by atoms with van der Waals surface area (Å²) in [6.07, 6.45) is 3.10. The van der Waals surface area contributed by atoms with Crippen LogP contribution in [0.25, 0.3) is 5.57 Å². The van der Waals surface area contributed by atoms with Crippen LogP contribution in [-0.2, 0) is 6.42 Å². The lowest BCUT2D eigenvalue weighted by Crippen LogP contribution is -2.02. The van der Waals surface area contributed by atoms with Crippen molar-refractivity contribution < 1.29 is 0 Å². The van der Waals surface area contributed by atoms with Crippen molar-refractivity contribution in [1.82, 2.24) is 0 Å². The number of nitrogens with one attached hydrogen (secondary N) is 1. The minimum Gasteiger partial charge on any atom is -0.360 e. The van der Waals surface area contributed by atoms with Crippen molar-refractivity contribution in [3.05, 3.63) is 59.8 Å². The van der Waals surface area contributed by atoms with E-state index in [-0.39, 0.29) is 0 Å². The molecule has 82 valence electrons. The van der Waals surface area contributed by atoms with Gasteiger partial charge in [-0.2, -0.15) is 0 Å². The van der Waals surface area contributed by atoms with Crippen LogP contribution < -0.4 is 5.32 Å². The molecule has 0 fully saturated rings. The predicted molar refractivity (Wildman–Crippen MR) is 71.4 cm³/mol. The molecule has 0 atom stereocenters. The number of benzene rings is 1. The molecule has 16 heavy (non-hydrogen) atoms. The van der Waals surface area contributed by atoms with Gasteiger partial charge in [0.15, 0.2) is 0 Å². The van der Waals surface area contributed by atoms with Crippen LogP contribution in [0.1, 0.15) is 25.0 Å². The Kier molecular flexibility index (Phi) is 2.69. The maximum atomic E-state index is 4.04. The Morgan fingerprint density at radius 1 is 1.38 bits per heavy atom. The zero-order valence-corrected chi connectivity index (χ0v) is 9.93. The number of fused-ring (bicyclic) bond motifs is 1. The van der Waals surface area contributed by atoms with Crippen molar-refractivity contribution in [2.24, 2.45) is 0 Å². The van der Waals surface area contributed by atoms with Gasteiger partial charge in [-0.1, -0.05) is 30.9 Å². The van der Waals surface area contributed by atoms with Crippen LogP contribution in [0.3, 0.4) is 0 Å². The molecular weight excluding hydrogens is 194 g/mol. The summed E-state index contributed by atoms with van der Waals surface area (Å²) in [6.45, 7) is 12.0. The topological polar surface area (TPSA) is 12.0 Å². The molecule has 0 radical (unpaired) electrons. The molecule has 0 aliphatic heterocycles. The van der Waals surface area contributed by atoms with Crippen molar-refractivity contribution in [2.75, 3.05) is 5.32 Å². The number of anilines is 1. The summed E-state index contributed by atoms with van der Waals surface area (Å²) in [4.78, 5) is 0. The van der Waals surface area contributed by atoms with E-state index in [1.54, 1.807) is 0 Å². The van der Waals surface area contributed by atoms with Crippen LogP contribution in [0.4, 0.5) is 5.69 Å². The Balaban J connectivity index is 2.40. The van der Waals surface area contributed by atoms with E-state index < -0.39 is 0 Å². The number of hydrogen-bond acceptors (Lipinski definition) is 1. The van der Waals surface area contributed by atoms with Crippen molar-refractivity contribution in [3.8, 4) is 0 Å². The number of hydrogen-bond donors (Lipinski definition) is 1. The highest BCUT2D eigenvalue weighted by Gasteiger charge is 2.11. The van der Waals surface area contributed by atoms with Crippen LogP contribution in [0.15, 0.2) is 48.7 Å². The van der Waals surface area contributed by atoms with E-state index in [2.05, 4.69) is 49.7 Å². The fourth-order valence-corrected chi connectivity index (χ4v) is 2.13. The van der Waals surface area contributed by atoms with Gasteiger partial charge in [-0.25, -0.2) is 0 Å². The molecule has 1 heteroatoms. The van der Waals surface area contributed by atoms with E-state index >= 15 is 0 Å². The maximum Gasteiger partial charge on any atom is 0.0384 e. The number of rotatable bonds is 2. The molecule has 1 nitrogen and oxygen atoms in total. The van der Waals surface area contributed by atoms with Gasteiger partial charge < -0.3 is 5.32 Å². The second-order valence-corrected chi connectivity index (χ2v) is 4.44. The molecule has 0 spiro atoms. The summed E-state index contributed by atoms with van der Waals surface area (Å²) in [5.41, 5.74) is 7.22. The van der Waals surface area contributed by atoms with E-state index in [1.807, 2.05) is 6.92 Å². The summed E-state index contributed by atoms with van der Waals surface area (Å²) < 4.78 is 0. The Morgan fingerprint density at radius 2 is 2.12 bits per heavy atom. The van der Waals surface area contributed by atoms with E-state index in [0.717, 1.165) is 17.8 Å². The first-order chi connectivity index (χ1) is 7.56. The maximum absolute atomic E-state index is 4.04. The molecule has 1 N–H and O–H groups in total. The van der Waals surface area contributed by atoms with Gasteiger partial charge in [-0.3, -0.25) is 0 Å². The van der Waals surface area contributed by atoms with E-state index in [9.17, 15) is 0 Å². The first-order valence-electron chi connectivity index (χ1n) is 5.48. The standard InChI is InChI=1S/C15H17N/c1-10(2)16-14-5-6-15-12(4)7-11(3)8-13(15)9-14/h5-7,9,16H,1,3,8H2,2,4H3. The third-order valence-corrected chi connectivity index (χ3v) is 2.73. The molecule has 1 aromatic rings. The van der Waals surface area contributed by atoms with Gasteiger partial charge in [0.05, 0.1) is 0 Å². The summed E-state index contributed by atoms with van der Waals surface area (Å²) in [5.74, 6) is 0. The van der Waals surface area contributed by atoms with Crippen LogP contribution in [0, 0.1) is 0 Å². The van der Waals surface area contributed by atoms with Crippen molar-refractivity contribution in [1.29, 1.82) is 0 Å². The minimum absolute atomic E-state index is 0.943. The molecule has 0 saturated heterocycles. The van der Waals surface area contributed by atoms with Gasteiger partial charge in [0.1, 0.15) is 0 Å². The van der Waals surface area contributed by atoms with Crippen molar-refractivity contribution >= 4 is 11.3 Å². The Labute approximate surface area is 97.2 Å². The van der Waals surface area contributed by atoms with E-state index in [4.69, 9.17) is 0 Å². The van der Waals surface area contributed by atoms with Gasteiger partial charge >= 0.3 is 0 Å². The van der Waals surface area contributed by atoms with Crippen LogP contribution in [-0.4, -0.2) is 0 Å². The summed E-state index contributed by atoms with van der Waals surface area (Å²) >= 11 is 0. The predicted octanol–water partition coefficient (Wildman–Crippen LogP) is 4.15. The highest BCUT2D eigenvalue weighted by molar-refractivity contribution is 5.74. The third-order valence-electron chi connectivity index (χ3n) is 2.73. The largest absolute Gasteiger partial charge is 0.360 e. The molecule has 1 aromatic carbocycles. The molecule has 0 amide bonds. The van der Waals surface area contributed by atoms with Crippen molar-refractivity contribution in [2.45, 2.75) is 20.3 Å². The van der Waals surface area contributed by atoms with Gasteiger partial charge in [0.2, 0.25) is 0 Å². The first-order valence-corrected chi connectivity index (χ1v) is 5.48. The summed E-state index contributed by atoms with van der Waals surface area (Å²) in [6, 6.07) is 6.45.